The zero-order valence-corrected chi connectivity index (χ0v) is 18.8. The Balaban J connectivity index is 1.45. The number of fused-ring (bicyclic) bond motifs is 4. The lowest BCUT2D eigenvalue weighted by Gasteiger charge is -2.47. The topological polar surface area (TPSA) is 130 Å². The Hall–Kier alpha value is -3.40. The summed E-state index contributed by atoms with van der Waals surface area (Å²) in [6.45, 7) is 1.90. The molecule has 33 heavy (non-hydrogen) atoms. The highest BCUT2D eigenvalue weighted by Crippen LogP contribution is 2.46. The minimum absolute atomic E-state index is 0.146. The minimum atomic E-state index is -0.723. The van der Waals surface area contributed by atoms with E-state index in [9.17, 15) is 9.90 Å². The maximum absolute atomic E-state index is 12.1. The van der Waals surface area contributed by atoms with Crippen molar-refractivity contribution in [1.29, 1.82) is 0 Å². The van der Waals surface area contributed by atoms with E-state index in [0.29, 0.717) is 34.4 Å². The lowest BCUT2D eigenvalue weighted by atomic mass is 9.61. The molecule has 4 heterocycles. The number of carboxylic acids is 1. The highest BCUT2D eigenvalue weighted by molar-refractivity contribution is 7.13. The zero-order chi connectivity index (χ0) is 22.5. The number of aliphatic carboxylic acids is 1. The first kappa shape index (κ1) is 20.2. The van der Waals surface area contributed by atoms with Crippen molar-refractivity contribution in [2.45, 2.75) is 38.6 Å². The SMILES string of the molecule is Cc1cnc2[nH]cc(-c3nc(N[C@H]4C5CCC(CC5)[C@@H]4C(=O)O)cc(-c4nccs4)n3)c2n1. The van der Waals surface area contributed by atoms with Gasteiger partial charge in [-0.1, -0.05) is 0 Å². The number of aromatic nitrogens is 6. The molecular formula is C23H23N7O2S. The molecule has 0 amide bonds. The largest absolute Gasteiger partial charge is 0.481 e. The van der Waals surface area contributed by atoms with Crippen molar-refractivity contribution >= 4 is 34.3 Å². The van der Waals surface area contributed by atoms with Crippen molar-refractivity contribution in [3.8, 4) is 22.1 Å². The number of carbonyl (C=O) groups is 1. The van der Waals surface area contributed by atoms with Gasteiger partial charge in [0.25, 0.3) is 0 Å². The van der Waals surface area contributed by atoms with Gasteiger partial charge in [-0.05, 0) is 44.4 Å². The van der Waals surface area contributed by atoms with Gasteiger partial charge in [-0.25, -0.2) is 24.9 Å². The van der Waals surface area contributed by atoms with Gasteiger partial charge in [0.1, 0.15) is 22.0 Å². The predicted molar refractivity (Wildman–Crippen MR) is 125 cm³/mol. The molecular weight excluding hydrogens is 438 g/mol. The van der Waals surface area contributed by atoms with Crippen molar-refractivity contribution in [1.82, 2.24) is 29.9 Å². The van der Waals surface area contributed by atoms with Crippen LogP contribution in [0.4, 0.5) is 5.82 Å². The minimum Gasteiger partial charge on any atom is -0.481 e. The van der Waals surface area contributed by atoms with Crippen LogP contribution in [0.5, 0.6) is 0 Å². The number of anilines is 1. The van der Waals surface area contributed by atoms with E-state index in [1.165, 1.54) is 11.3 Å². The van der Waals surface area contributed by atoms with Crippen LogP contribution >= 0.6 is 11.3 Å². The van der Waals surface area contributed by atoms with E-state index >= 15 is 0 Å². The van der Waals surface area contributed by atoms with Gasteiger partial charge in [-0.15, -0.1) is 11.3 Å². The number of hydrogen-bond donors (Lipinski definition) is 3. The average Bonchev–Trinajstić information content (AvgIpc) is 3.49. The summed E-state index contributed by atoms with van der Waals surface area (Å²) < 4.78 is 0. The van der Waals surface area contributed by atoms with Crippen LogP contribution in [0.15, 0.2) is 30.0 Å². The molecule has 3 saturated carbocycles. The second-order valence-corrected chi connectivity index (χ2v) is 9.81. The van der Waals surface area contributed by atoms with Gasteiger partial charge < -0.3 is 15.4 Å². The Labute approximate surface area is 193 Å². The molecule has 3 aliphatic carbocycles. The van der Waals surface area contributed by atoms with Gasteiger partial charge >= 0.3 is 5.97 Å². The summed E-state index contributed by atoms with van der Waals surface area (Å²) in [6, 6.07) is 1.72. The molecule has 3 fully saturated rings. The highest BCUT2D eigenvalue weighted by atomic mass is 32.1. The molecule has 0 aromatic carbocycles. The van der Waals surface area contributed by atoms with Crippen LogP contribution in [0.25, 0.3) is 33.3 Å². The Kier molecular flexibility index (Phi) is 4.83. The fourth-order valence-electron chi connectivity index (χ4n) is 5.43. The van der Waals surface area contributed by atoms with Crippen molar-refractivity contribution in [2.75, 3.05) is 5.32 Å². The fourth-order valence-corrected chi connectivity index (χ4v) is 6.03. The lowest BCUT2D eigenvalue weighted by Crippen LogP contribution is -2.51. The predicted octanol–water partition coefficient (Wildman–Crippen LogP) is 4.15. The maximum atomic E-state index is 12.1. The van der Waals surface area contributed by atoms with Gasteiger partial charge in [0.2, 0.25) is 0 Å². The zero-order valence-electron chi connectivity index (χ0n) is 18.0. The molecule has 0 saturated heterocycles. The van der Waals surface area contributed by atoms with E-state index in [1.807, 2.05) is 24.6 Å². The molecule has 10 heteroatoms. The summed E-state index contributed by atoms with van der Waals surface area (Å²) in [5.41, 5.74) is 3.63. The van der Waals surface area contributed by atoms with E-state index in [4.69, 9.17) is 9.97 Å². The van der Waals surface area contributed by atoms with Crippen LogP contribution in [0.1, 0.15) is 31.4 Å². The number of carboxylic acid groups (broad SMARTS) is 1. The number of aryl methyl sites for hydroxylation is 1. The van der Waals surface area contributed by atoms with Crippen molar-refractivity contribution in [3.05, 3.63) is 35.7 Å². The Morgan fingerprint density at radius 3 is 2.73 bits per heavy atom. The molecule has 0 radical (unpaired) electrons. The third-order valence-corrected chi connectivity index (χ3v) is 7.73. The summed E-state index contributed by atoms with van der Waals surface area (Å²) >= 11 is 1.50. The number of nitrogens with zero attached hydrogens (tertiary/aromatic N) is 5. The number of hydrogen-bond acceptors (Lipinski definition) is 8. The summed E-state index contributed by atoms with van der Waals surface area (Å²) in [5, 5.41) is 16.2. The molecule has 2 atom stereocenters. The first-order valence-electron chi connectivity index (χ1n) is 11.2. The Morgan fingerprint density at radius 2 is 1.97 bits per heavy atom. The lowest BCUT2D eigenvalue weighted by molar-refractivity contribution is -0.148. The van der Waals surface area contributed by atoms with E-state index in [0.717, 1.165) is 41.9 Å². The summed E-state index contributed by atoms with van der Waals surface area (Å²) in [7, 11) is 0. The van der Waals surface area contributed by atoms with Crippen molar-refractivity contribution < 1.29 is 9.90 Å². The molecule has 168 valence electrons. The van der Waals surface area contributed by atoms with E-state index in [2.05, 4.69) is 25.3 Å². The number of aromatic amines is 1. The third-order valence-electron chi connectivity index (χ3n) is 6.94. The van der Waals surface area contributed by atoms with Gasteiger partial charge in [0, 0.05) is 29.9 Å². The van der Waals surface area contributed by atoms with Crippen molar-refractivity contribution in [3.63, 3.8) is 0 Å². The second kappa shape index (κ2) is 7.87. The van der Waals surface area contributed by atoms with Crippen LogP contribution < -0.4 is 5.32 Å². The first-order chi connectivity index (χ1) is 16.1. The van der Waals surface area contributed by atoms with E-state index < -0.39 is 11.9 Å². The molecule has 4 aromatic heterocycles. The summed E-state index contributed by atoms with van der Waals surface area (Å²) in [5.74, 6) is 0.545. The van der Waals surface area contributed by atoms with Crippen LogP contribution in [0, 0.1) is 24.7 Å². The summed E-state index contributed by atoms with van der Waals surface area (Å²) in [6.07, 6.45) is 9.38. The highest BCUT2D eigenvalue weighted by Gasteiger charge is 2.47. The molecule has 4 aromatic rings. The first-order valence-corrected chi connectivity index (χ1v) is 12.0. The standard InChI is InChI=1S/C23H23N7O2S/c1-11-9-25-21-19(27-11)14(10-26-21)20-28-15(22-24-6-7-33-22)8-16(30-20)29-18-13-4-2-12(3-5-13)17(18)23(31)32/h6-10,12-13,17-18H,2-5H2,1H3,(H,25,26)(H,31,32)(H,28,29,30)/t12?,13?,17-,18-/m0/s1. The fraction of sp³-hybridized carbons (Fsp3) is 0.391. The molecule has 0 spiro atoms. The van der Waals surface area contributed by atoms with E-state index in [1.54, 1.807) is 12.4 Å². The molecule has 3 N–H and O–H groups in total. The Morgan fingerprint density at radius 1 is 1.15 bits per heavy atom. The van der Waals surface area contributed by atoms with Gasteiger partial charge in [0.15, 0.2) is 11.5 Å². The molecule has 9 nitrogen and oxygen atoms in total. The second-order valence-electron chi connectivity index (χ2n) is 8.92. The monoisotopic (exact) mass is 461 g/mol. The van der Waals surface area contributed by atoms with Crippen LogP contribution in [0.2, 0.25) is 0 Å². The number of H-pyrrole nitrogens is 1. The van der Waals surface area contributed by atoms with Crippen LogP contribution in [-0.2, 0) is 4.79 Å². The number of nitrogens with one attached hydrogen (secondary N) is 2. The van der Waals surface area contributed by atoms with Crippen LogP contribution in [-0.4, -0.2) is 47.0 Å². The molecule has 0 unspecified atom stereocenters. The number of rotatable bonds is 5. The van der Waals surface area contributed by atoms with E-state index in [-0.39, 0.29) is 12.0 Å². The third kappa shape index (κ3) is 3.54. The smallest absolute Gasteiger partial charge is 0.308 e. The number of thiazole rings is 1. The van der Waals surface area contributed by atoms with Gasteiger partial charge in [-0.3, -0.25) is 4.79 Å². The normalized spacial score (nSPS) is 24.3. The van der Waals surface area contributed by atoms with Gasteiger partial charge in [-0.2, -0.15) is 0 Å². The maximum Gasteiger partial charge on any atom is 0.308 e. The average molecular weight is 462 g/mol. The van der Waals surface area contributed by atoms with Crippen molar-refractivity contribution in [2.24, 2.45) is 17.8 Å². The molecule has 3 aliphatic rings. The molecule has 2 bridgehead atoms. The van der Waals surface area contributed by atoms with Gasteiger partial charge in [0.05, 0.1) is 23.4 Å². The Bertz CT molecular complexity index is 1330. The summed E-state index contributed by atoms with van der Waals surface area (Å²) in [4.78, 5) is 38.3. The molecule has 0 aliphatic heterocycles. The molecule has 7 rings (SSSR count). The van der Waals surface area contributed by atoms with Crippen LogP contribution in [0.3, 0.4) is 0 Å². The quantitative estimate of drug-likeness (QED) is 0.404.